The van der Waals surface area contributed by atoms with Gasteiger partial charge in [-0.05, 0) is 147 Å². The zero-order valence-electron chi connectivity index (χ0n) is 33.1. The molecule has 4 aliphatic rings. The largest absolute Gasteiger partial charge is 0.456 e. The molecule has 0 aliphatic carbocycles. The van der Waals surface area contributed by atoms with Crippen LogP contribution in [-0.2, 0) is 23.8 Å². The molecule has 6 aromatic heterocycles. The predicted molar refractivity (Wildman–Crippen MR) is 238 cm³/mol. The number of fused-ring (bicyclic) bond motifs is 16. The Labute approximate surface area is 348 Å². The van der Waals surface area contributed by atoms with Crippen LogP contribution in [0.2, 0.25) is 0 Å². The van der Waals surface area contributed by atoms with Gasteiger partial charge < -0.3 is 34.1 Å². The summed E-state index contributed by atoms with van der Waals surface area (Å²) in [4.78, 5) is 58.7. The first-order valence-electron chi connectivity index (χ1n) is 19.8. The number of carbonyl (C=O) groups is 2. The second-order valence-electron chi connectivity index (χ2n) is 15.0. The third kappa shape index (κ3) is 8.49. The van der Waals surface area contributed by atoms with Crippen LogP contribution in [0.3, 0.4) is 0 Å². The summed E-state index contributed by atoms with van der Waals surface area (Å²) in [5.74, 6) is -1.26. The number of aromatic nitrogens is 8. The van der Waals surface area contributed by atoms with Gasteiger partial charge in [-0.25, -0.2) is 29.5 Å². The van der Waals surface area contributed by atoms with Crippen molar-refractivity contribution in [2.45, 2.75) is 26.1 Å². The average Bonchev–Trinajstić information content (AvgIpc) is 4.07. The van der Waals surface area contributed by atoms with Crippen LogP contribution < -0.4 is 0 Å². The number of H-pyrrole nitrogens is 4. The molecule has 4 N–H and O–H groups in total. The molecule has 0 fully saturated rings. The van der Waals surface area contributed by atoms with Crippen LogP contribution in [0.25, 0.3) is 92.7 Å². The lowest BCUT2D eigenvalue weighted by Crippen LogP contribution is -2.20. The van der Waals surface area contributed by atoms with Crippen LogP contribution in [0, 0.1) is 0 Å². The Morgan fingerprint density at radius 2 is 0.754 bits per heavy atom. The van der Waals surface area contributed by atoms with E-state index < -0.39 is 37.4 Å². The lowest BCUT2D eigenvalue weighted by Gasteiger charge is -2.14. The minimum atomic E-state index is -0.655. The molecule has 300 valence electrons. The fraction of sp³-hybridized carbons (Fsp3) is 0.125. The Morgan fingerprint density at radius 1 is 0.426 bits per heavy atom. The fourth-order valence-corrected chi connectivity index (χ4v) is 7.56. The van der Waals surface area contributed by atoms with Gasteiger partial charge in [0, 0.05) is 55.3 Å². The number of hydrogen-bond donors (Lipinski definition) is 4. The predicted octanol–water partition coefficient (Wildman–Crippen LogP) is 9.55. The SMILES string of the molecule is CC(OC(=O)COCC(=O)OC(C)c1cc2cc3ccc(cc4nc(cc5nc(cc1[nH]2)C=C5)C=C4)[nH]3)c1cc2cc3ccc(cc4nc(cc5nc(cc1[nH]2)C=C5)C=C4)[nH]3. The van der Waals surface area contributed by atoms with Crippen molar-refractivity contribution in [1.82, 2.24) is 39.9 Å². The highest BCUT2D eigenvalue weighted by Crippen LogP contribution is 2.28. The molecule has 16 bridgehead atoms. The molecule has 0 aromatic carbocycles. The molecule has 0 spiro atoms. The molecule has 10 rings (SSSR count). The first-order chi connectivity index (χ1) is 29.7. The Bertz CT molecular complexity index is 3020. The highest BCUT2D eigenvalue weighted by atomic mass is 16.6. The van der Waals surface area contributed by atoms with Crippen molar-refractivity contribution in [3.63, 3.8) is 0 Å². The summed E-state index contributed by atoms with van der Waals surface area (Å²) in [6, 6.07) is 27.4. The third-order valence-electron chi connectivity index (χ3n) is 10.3. The van der Waals surface area contributed by atoms with E-state index in [0.29, 0.717) is 0 Å². The Hall–Kier alpha value is -7.90. The minimum Gasteiger partial charge on any atom is -0.456 e. The maximum atomic E-state index is 13.1. The maximum Gasteiger partial charge on any atom is 0.332 e. The Balaban J connectivity index is 0.836. The summed E-state index contributed by atoms with van der Waals surface area (Å²) in [6.45, 7) is 2.69. The molecule has 10 heterocycles. The number of nitrogens with zero attached hydrogens (tertiary/aromatic N) is 4. The van der Waals surface area contributed by atoms with Gasteiger partial charge >= 0.3 is 11.9 Å². The molecule has 4 aliphatic heterocycles. The summed E-state index contributed by atoms with van der Waals surface area (Å²) in [5, 5.41) is 0. The van der Waals surface area contributed by atoms with Gasteiger partial charge in [0.2, 0.25) is 0 Å². The fourth-order valence-electron chi connectivity index (χ4n) is 7.56. The van der Waals surface area contributed by atoms with Gasteiger partial charge in [0.1, 0.15) is 25.4 Å². The van der Waals surface area contributed by atoms with Crippen LogP contribution in [0.4, 0.5) is 0 Å². The average molecular weight is 807 g/mol. The molecule has 13 nitrogen and oxygen atoms in total. The van der Waals surface area contributed by atoms with Crippen LogP contribution >= 0.6 is 0 Å². The molecule has 2 atom stereocenters. The number of hydrogen-bond acceptors (Lipinski definition) is 9. The lowest BCUT2D eigenvalue weighted by atomic mass is 10.1. The van der Waals surface area contributed by atoms with Gasteiger partial charge in [0.05, 0.1) is 45.6 Å². The number of ether oxygens (including phenoxy) is 3. The molecule has 61 heavy (non-hydrogen) atoms. The summed E-state index contributed by atoms with van der Waals surface area (Å²) < 4.78 is 17.1. The van der Waals surface area contributed by atoms with Gasteiger partial charge in [-0.2, -0.15) is 0 Å². The molecule has 2 unspecified atom stereocenters. The molecular formula is C48H38N8O5. The topological polar surface area (TPSA) is 177 Å². The van der Waals surface area contributed by atoms with E-state index in [0.717, 1.165) is 101 Å². The zero-order chi connectivity index (χ0) is 41.5. The van der Waals surface area contributed by atoms with Gasteiger partial charge in [-0.15, -0.1) is 0 Å². The van der Waals surface area contributed by atoms with E-state index >= 15 is 0 Å². The van der Waals surface area contributed by atoms with E-state index in [9.17, 15) is 9.59 Å². The van der Waals surface area contributed by atoms with Crippen molar-refractivity contribution in [3.05, 3.63) is 142 Å². The van der Waals surface area contributed by atoms with Crippen molar-refractivity contribution < 1.29 is 23.8 Å². The van der Waals surface area contributed by atoms with Crippen molar-refractivity contribution in [2.75, 3.05) is 13.2 Å². The van der Waals surface area contributed by atoms with Gasteiger partial charge in [0.25, 0.3) is 0 Å². The van der Waals surface area contributed by atoms with E-state index in [4.69, 9.17) is 24.2 Å². The standard InChI is InChI=1S/C48H38N8O5/c1-27(43-21-41-19-37-9-7-33(51-37)15-29-3-5-31(49-29)17-35-11-13-39(53-35)23-45(43)55-41)60-47(57)25-59-26-48(58)61-28(2)44-22-42-20-38-10-8-34(52-38)16-30-4-6-32(50-30)18-36-12-14-40(54-36)24-46(44)56-42/h3-24,27-28,51-52,55-56H,25-26H2,1-2H3. The quantitative estimate of drug-likeness (QED) is 0.109. The van der Waals surface area contributed by atoms with Crippen LogP contribution in [0.1, 0.15) is 82.7 Å². The Morgan fingerprint density at radius 3 is 1.13 bits per heavy atom. The maximum absolute atomic E-state index is 13.1. The number of aromatic amines is 4. The Kier molecular flexibility index (Phi) is 9.62. The first-order valence-corrected chi connectivity index (χ1v) is 19.8. The number of esters is 2. The minimum absolute atomic E-state index is 0.444. The van der Waals surface area contributed by atoms with Crippen LogP contribution in [-0.4, -0.2) is 65.0 Å². The third-order valence-corrected chi connectivity index (χ3v) is 10.3. The molecule has 6 aromatic rings. The normalized spacial score (nSPS) is 13.7. The van der Waals surface area contributed by atoms with Gasteiger partial charge in [-0.3, -0.25) is 0 Å². The van der Waals surface area contributed by atoms with Gasteiger partial charge in [-0.1, -0.05) is 0 Å². The number of carbonyl (C=O) groups excluding carboxylic acids is 2. The monoisotopic (exact) mass is 806 g/mol. The van der Waals surface area contributed by atoms with E-state index in [1.807, 2.05) is 134 Å². The highest BCUT2D eigenvalue weighted by molar-refractivity contribution is 5.81. The van der Waals surface area contributed by atoms with Crippen LogP contribution in [0.5, 0.6) is 0 Å². The first kappa shape index (κ1) is 37.4. The van der Waals surface area contributed by atoms with Crippen molar-refractivity contribution in [1.29, 1.82) is 0 Å². The lowest BCUT2D eigenvalue weighted by molar-refractivity contribution is -0.160. The van der Waals surface area contributed by atoms with E-state index in [1.54, 1.807) is 13.8 Å². The second-order valence-corrected chi connectivity index (χ2v) is 15.0. The summed E-state index contributed by atoms with van der Waals surface area (Å²) in [7, 11) is 0. The molecule has 0 saturated heterocycles. The van der Waals surface area contributed by atoms with E-state index in [1.165, 1.54) is 0 Å². The summed E-state index contributed by atoms with van der Waals surface area (Å²) in [6.07, 6.45) is 14.3. The number of rotatable bonds is 8. The molecule has 0 amide bonds. The number of nitrogens with one attached hydrogen (secondary N) is 4. The summed E-state index contributed by atoms with van der Waals surface area (Å²) >= 11 is 0. The van der Waals surface area contributed by atoms with Crippen molar-refractivity contribution in [2.24, 2.45) is 0 Å². The smallest absolute Gasteiger partial charge is 0.332 e. The second kappa shape index (κ2) is 15.7. The van der Waals surface area contributed by atoms with Crippen LogP contribution in [0.15, 0.2) is 84.9 Å². The summed E-state index contributed by atoms with van der Waals surface area (Å²) in [5.41, 5.74) is 14.5. The van der Waals surface area contributed by atoms with E-state index in [-0.39, 0.29) is 0 Å². The molecule has 0 radical (unpaired) electrons. The van der Waals surface area contributed by atoms with Gasteiger partial charge in [0.15, 0.2) is 0 Å². The van der Waals surface area contributed by atoms with Crippen molar-refractivity contribution >= 4 is 105 Å². The highest BCUT2D eigenvalue weighted by Gasteiger charge is 2.19. The zero-order valence-corrected chi connectivity index (χ0v) is 33.1. The molecule has 13 heteroatoms. The molecule has 0 saturated carbocycles. The van der Waals surface area contributed by atoms with E-state index in [2.05, 4.69) is 29.9 Å². The van der Waals surface area contributed by atoms with Crippen molar-refractivity contribution in [3.8, 4) is 0 Å². The molecular weight excluding hydrogens is 769 g/mol.